The highest BCUT2D eigenvalue weighted by Gasteiger charge is 2.21. The summed E-state index contributed by atoms with van der Waals surface area (Å²) in [7, 11) is 0. The van der Waals surface area contributed by atoms with Gasteiger partial charge in [-0.25, -0.2) is 4.79 Å². The maximum absolute atomic E-state index is 12.6. The third-order valence-corrected chi connectivity index (χ3v) is 6.41. The maximum atomic E-state index is 12.6. The summed E-state index contributed by atoms with van der Waals surface area (Å²) in [6.45, 7) is 0.531. The van der Waals surface area contributed by atoms with Gasteiger partial charge in [0.05, 0.1) is 5.75 Å². The van der Waals surface area contributed by atoms with Gasteiger partial charge in [-0.1, -0.05) is 48.2 Å². The first-order valence-corrected chi connectivity index (χ1v) is 11.3. The lowest BCUT2D eigenvalue weighted by Gasteiger charge is -2.22. The summed E-state index contributed by atoms with van der Waals surface area (Å²) in [5.74, 6) is 0.0788. The molecule has 3 aromatic rings. The fourth-order valence-electron chi connectivity index (χ4n) is 3.98. The van der Waals surface area contributed by atoms with E-state index in [9.17, 15) is 9.59 Å². The molecule has 0 aliphatic heterocycles. The van der Waals surface area contributed by atoms with E-state index in [1.807, 2.05) is 42.5 Å². The Morgan fingerprint density at radius 2 is 1.93 bits per heavy atom. The van der Waals surface area contributed by atoms with Crippen LogP contribution in [-0.2, 0) is 24.2 Å². The van der Waals surface area contributed by atoms with Gasteiger partial charge in [0, 0.05) is 35.5 Å². The van der Waals surface area contributed by atoms with Crippen molar-refractivity contribution in [2.75, 3.05) is 17.7 Å². The third-order valence-electron chi connectivity index (χ3n) is 5.39. The summed E-state index contributed by atoms with van der Waals surface area (Å²) >= 11 is 1.33. The fourth-order valence-corrected chi connectivity index (χ4v) is 4.86. The topological polar surface area (TPSA) is 84.2 Å². The molecule has 0 spiro atoms. The van der Waals surface area contributed by atoms with Gasteiger partial charge in [-0.05, 0) is 43.6 Å². The Kier molecular flexibility index (Phi) is 6.50. The van der Waals surface area contributed by atoms with Crippen LogP contribution in [0.1, 0.15) is 30.5 Å². The molecule has 0 radical (unpaired) electrons. The van der Waals surface area contributed by atoms with Crippen molar-refractivity contribution in [2.45, 2.75) is 43.7 Å². The quantitative estimate of drug-likeness (QED) is 0.450. The second-order valence-corrected chi connectivity index (χ2v) is 8.39. The minimum atomic E-state index is -0.291. The Bertz CT molecular complexity index is 1120. The number of fused-ring (bicyclic) bond motifs is 2. The molecule has 0 fully saturated rings. The van der Waals surface area contributed by atoms with Crippen molar-refractivity contribution in [3.05, 3.63) is 64.2 Å². The van der Waals surface area contributed by atoms with Crippen LogP contribution in [0.5, 0.6) is 0 Å². The first-order valence-electron chi connectivity index (χ1n) is 10.3. The molecular weight excluding hydrogens is 398 g/mol. The standard InChI is InChI=1S/C23H25N3O3S/c27-14-6-13-26-20-12-4-3-10-18(20)22(25-23(26)29)30-15-21(28)24-19-11-5-8-16-7-1-2-9-17(16)19/h1-2,5,7-9,11,27H,3-4,6,10,12-15H2,(H,24,28). The number of rotatable bonds is 7. The molecule has 1 heterocycles. The van der Waals surface area contributed by atoms with Crippen LogP contribution in [0.4, 0.5) is 5.69 Å². The van der Waals surface area contributed by atoms with E-state index in [2.05, 4.69) is 10.3 Å². The molecule has 2 N–H and O–H groups in total. The Morgan fingerprint density at radius 1 is 1.13 bits per heavy atom. The first kappa shape index (κ1) is 20.6. The number of aromatic nitrogens is 2. The van der Waals surface area contributed by atoms with Crippen molar-refractivity contribution in [3.8, 4) is 0 Å². The lowest BCUT2D eigenvalue weighted by atomic mass is 9.97. The van der Waals surface area contributed by atoms with Gasteiger partial charge in [-0.2, -0.15) is 4.98 Å². The zero-order chi connectivity index (χ0) is 20.9. The Labute approximate surface area is 179 Å². The Hall–Kier alpha value is -2.64. The predicted molar refractivity (Wildman–Crippen MR) is 120 cm³/mol. The number of anilines is 1. The minimum Gasteiger partial charge on any atom is -0.396 e. The molecule has 156 valence electrons. The van der Waals surface area contributed by atoms with E-state index in [1.165, 1.54) is 11.8 Å². The van der Waals surface area contributed by atoms with Gasteiger partial charge in [-0.15, -0.1) is 0 Å². The number of hydrogen-bond acceptors (Lipinski definition) is 5. The molecule has 0 unspecified atom stereocenters. The SMILES string of the molecule is O=C(CSc1nc(=O)n(CCCO)c2c1CCCC2)Nc1cccc2ccccc12. The number of thioether (sulfide) groups is 1. The second kappa shape index (κ2) is 9.45. The molecule has 6 nitrogen and oxygen atoms in total. The van der Waals surface area contributed by atoms with Gasteiger partial charge in [0.25, 0.3) is 0 Å². The normalized spacial score (nSPS) is 13.2. The zero-order valence-electron chi connectivity index (χ0n) is 16.8. The molecule has 2 aromatic carbocycles. The van der Waals surface area contributed by atoms with Gasteiger partial charge < -0.3 is 10.4 Å². The predicted octanol–water partition coefficient (Wildman–Crippen LogP) is 3.39. The molecule has 0 bridgehead atoms. The molecule has 0 saturated heterocycles. The third kappa shape index (κ3) is 4.42. The maximum Gasteiger partial charge on any atom is 0.348 e. The number of aliphatic hydroxyl groups excluding tert-OH is 1. The highest BCUT2D eigenvalue weighted by Crippen LogP contribution is 2.29. The van der Waals surface area contributed by atoms with E-state index >= 15 is 0 Å². The number of aliphatic hydroxyl groups is 1. The van der Waals surface area contributed by atoms with Crippen molar-refractivity contribution >= 4 is 34.1 Å². The number of nitrogens with zero attached hydrogens (tertiary/aromatic N) is 2. The van der Waals surface area contributed by atoms with E-state index < -0.39 is 0 Å². The molecule has 7 heteroatoms. The van der Waals surface area contributed by atoms with Crippen molar-refractivity contribution in [3.63, 3.8) is 0 Å². The van der Waals surface area contributed by atoms with Crippen LogP contribution in [0.3, 0.4) is 0 Å². The highest BCUT2D eigenvalue weighted by molar-refractivity contribution is 8.00. The average molecular weight is 424 g/mol. The summed E-state index contributed by atoms with van der Waals surface area (Å²) in [5.41, 5.74) is 2.60. The van der Waals surface area contributed by atoms with E-state index in [1.54, 1.807) is 4.57 Å². The largest absolute Gasteiger partial charge is 0.396 e. The summed E-state index contributed by atoms with van der Waals surface area (Å²) < 4.78 is 1.70. The Morgan fingerprint density at radius 3 is 2.80 bits per heavy atom. The van der Waals surface area contributed by atoms with Crippen LogP contribution in [0.2, 0.25) is 0 Å². The zero-order valence-corrected chi connectivity index (χ0v) is 17.6. The summed E-state index contributed by atoms with van der Waals surface area (Å²) in [6, 6.07) is 13.8. The van der Waals surface area contributed by atoms with Crippen LogP contribution in [0.25, 0.3) is 10.8 Å². The average Bonchev–Trinajstić information content (AvgIpc) is 2.77. The van der Waals surface area contributed by atoms with Crippen molar-refractivity contribution < 1.29 is 9.90 Å². The van der Waals surface area contributed by atoms with Gasteiger partial charge in [0.15, 0.2) is 0 Å². The number of benzene rings is 2. The minimum absolute atomic E-state index is 0.0477. The lowest BCUT2D eigenvalue weighted by molar-refractivity contribution is -0.113. The molecule has 1 aromatic heterocycles. The second-order valence-electron chi connectivity index (χ2n) is 7.42. The number of carbonyl (C=O) groups excluding carboxylic acids is 1. The Balaban J connectivity index is 1.51. The van der Waals surface area contributed by atoms with Gasteiger partial charge in [-0.3, -0.25) is 9.36 Å². The van der Waals surface area contributed by atoms with Crippen molar-refractivity contribution in [2.24, 2.45) is 0 Å². The highest BCUT2D eigenvalue weighted by atomic mass is 32.2. The molecule has 4 rings (SSSR count). The number of amides is 1. The van der Waals surface area contributed by atoms with Gasteiger partial charge in [0.2, 0.25) is 5.91 Å². The molecule has 0 saturated carbocycles. The lowest BCUT2D eigenvalue weighted by Crippen LogP contribution is -2.30. The van der Waals surface area contributed by atoms with Crippen LogP contribution in [0, 0.1) is 0 Å². The summed E-state index contributed by atoms with van der Waals surface area (Å²) in [4.78, 5) is 29.5. The van der Waals surface area contributed by atoms with Crippen LogP contribution >= 0.6 is 11.8 Å². The van der Waals surface area contributed by atoms with E-state index in [-0.39, 0.29) is 24.0 Å². The summed E-state index contributed by atoms with van der Waals surface area (Å²) in [5, 5.41) is 14.9. The number of carbonyl (C=O) groups is 1. The van der Waals surface area contributed by atoms with Crippen LogP contribution in [0.15, 0.2) is 52.3 Å². The summed E-state index contributed by atoms with van der Waals surface area (Å²) in [6.07, 6.45) is 4.35. The van der Waals surface area contributed by atoms with Crippen molar-refractivity contribution in [1.29, 1.82) is 0 Å². The van der Waals surface area contributed by atoms with Crippen LogP contribution < -0.4 is 11.0 Å². The van der Waals surface area contributed by atoms with E-state index in [0.29, 0.717) is 18.0 Å². The van der Waals surface area contributed by atoms with Crippen molar-refractivity contribution in [1.82, 2.24) is 9.55 Å². The van der Waals surface area contributed by atoms with Gasteiger partial charge in [0.1, 0.15) is 5.03 Å². The molecule has 30 heavy (non-hydrogen) atoms. The molecule has 0 atom stereocenters. The monoisotopic (exact) mass is 423 g/mol. The van der Waals surface area contributed by atoms with Crippen LogP contribution in [-0.4, -0.2) is 32.9 Å². The molecule has 1 aliphatic rings. The first-order chi connectivity index (χ1) is 14.7. The smallest absolute Gasteiger partial charge is 0.348 e. The number of hydrogen-bond donors (Lipinski definition) is 2. The molecular formula is C23H25N3O3S. The number of nitrogens with one attached hydrogen (secondary N) is 1. The molecule has 1 aliphatic carbocycles. The van der Waals surface area contributed by atoms with E-state index in [4.69, 9.17) is 5.11 Å². The molecule has 1 amide bonds. The van der Waals surface area contributed by atoms with Gasteiger partial charge >= 0.3 is 5.69 Å². The fraction of sp³-hybridized carbons (Fsp3) is 0.348. The van der Waals surface area contributed by atoms with E-state index in [0.717, 1.165) is 53.4 Å².